The molecule has 0 spiro atoms. The Morgan fingerprint density at radius 3 is 2.64 bits per heavy atom. The molecule has 2 aromatic heterocycles. The highest BCUT2D eigenvalue weighted by Crippen LogP contribution is 2.34. The van der Waals surface area contributed by atoms with Gasteiger partial charge in [0.2, 0.25) is 0 Å². The summed E-state index contributed by atoms with van der Waals surface area (Å²) in [6, 6.07) is -0.641. The summed E-state index contributed by atoms with van der Waals surface area (Å²) in [6.45, 7) is 6.78. The van der Waals surface area contributed by atoms with Crippen molar-refractivity contribution in [1.29, 1.82) is 0 Å². The van der Waals surface area contributed by atoms with Crippen LogP contribution in [0.1, 0.15) is 62.3 Å². The number of aryl methyl sites for hydroxylation is 2. The Morgan fingerprint density at radius 1 is 1.29 bits per heavy atom. The van der Waals surface area contributed by atoms with Gasteiger partial charge in [-0.2, -0.15) is 0 Å². The zero-order chi connectivity index (χ0) is 20.4. The van der Waals surface area contributed by atoms with Gasteiger partial charge in [0.25, 0.3) is 5.56 Å². The normalized spacial score (nSPS) is 15.2. The van der Waals surface area contributed by atoms with Crippen molar-refractivity contribution in [2.24, 2.45) is 5.92 Å². The molecule has 0 aliphatic heterocycles. The van der Waals surface area contributed by atoms with E-state index in [-0.39, 0.29) is 17.4 Å². The first-order chi connectivity index (χ1) is 13.3. The van der Waals surface area contributed by atoms with Gasteiger partial charge in [-0.15, -0.1) is 11.3 Å². The molecular weight excluding hydrogens is 374 g/mol. The molecule has 28 heavy (non-hydrogen) atoms. The van der Waals surface area contributed by atoms with Gasteiger partial charge in [-0.25, -0.2) is 9.78 Å². The van der Waals surface area contributed by atoms with Gasteiger partial charge in [0.15, 0.2) is 0 Å². The number of thiophene rings is 1. The molecule has 154 valence electrons. The van der Waals surface area contributed by atoms with Crippen LogP contribution >= 0.6 is 11.3 Å². The van der Waals surface area contributed by atoms with Crippen molar-refractivity contribution >= 4 is 27.5 Å². The summed E-state index contributed by atoms with van der Waals surface area (Å²) in [5, 5.41) is 0.720. The molecule has 1 aliphatic carbocycles. The Morgan fingerprint density at radius 2 is 2.00 bits per heavy atom. The van der Waals surface area contributed by atoms with Crippen LogP contribution in [0.4, 0.5) is 0 Å². The van der Waals surface area contributed by atoms with Gasteiger partial charge in [-0.05, 0) is 57.7 Å². The van der Waals surface area contributed by atoms with Crippen LogP contribution in [0.3, 0.4) is 0 Å². The molecule has 7 heteroatoms. The lowest BCUT2D eigenvalue weighted by Gasteiger charge is -2.22. The fourth-order valence-electron chi connectivity index (χ4n) is 3.77. The van der Waals surface area contributed by atoms with Crippen molar-refractivity contribution in [3.05, 3.63) is 26.6 Å². The van der Waals surface area contributed by atoms with Gasteiger partial charge in [0, 0.05) is 4.88 Å². The molecule has 0 amide bonds. The number of esters is 1. The summed E-state index contributed by atoms with van der Waals surface area (Å²) in [6.07, 6.45) is 4.71. The predicted molar refractivity (Wildman–Crippen MR) is 113 cm³/mol. The summed E-state index contributed by atoms with van der Waals surface area (Å²) in [4.78, 5) is 35.4. The smallest absolute Gasteiger partial charge is 0.329 e. The monoisotopic (exact) mass is 405 g/mol. The largest absolute Gasteiger partial charge is 0.464 e. The molecule has 0 N–H and O–H groups in total. The number of nitrogens with zero attached hydrogens (tertiary/aromatic N) is 3. The van der Waals surface area contributed by atoms with Crippen molar-refractivity contribution in [2.75, 3.05) is 20.7 Å². The highest BCUT2D eigenvalue weighted by Gasteiger charge is 2.29. The lowest BCUT2D eigenvalue weighted by molar-refractivity contribution is -0.149. The number of rotatable bonds is 7. The van der Waals surface area contributed by atoms with E-state index in [9.17, 15) is 9.59 Å². The summed E-state index contributed by atoms with van der Waals surface area (Å²) in [5.74, 6) is 0.543. The molecule has 1 atom stereocenters. The predicted octanol–water partition coefficient (Wildman–Crippen LogP) is 3.55. The summed E-state index contributed by atoms with van der Waals surface area (Å²) in [5.41, 5.74) is 1.06. The van der Waals surface area contributed by atoms with E-state index in [2.05, 4.69) is 0 Å². The maximum absolute atomic E-state index is 13.6. The third kappa shape index (κ3) is 4.15. The molecule has 0 saturated carbocycles. The first kappa shape index (κ1) is 21.0. The van der Waals surface area contributed by atoms with Crippen LogP contribution in [0.2, 0.25) is 0 Å². The van der Waals surface area contributed by atoms with Crippen LogP contribution in [-0.4, -0.2) is 41.1 Å². The van der Waals surface area contributed by atoms with Crippen molar-refractivity contribution in [2.45, 2.75) is 65.5 Å². The standard InChI is InChI=1S/C21H31N3O3S/c1-6-15(21(26)27-12-13(2)3)24-17(11-23(4)5)22-19-18(20(24)25)14-9-7-8-10-16(14)28-19/h13,15H,6-12H2,1-5H3. The third-order valence-corrected chi connectivity index (χ3v) is 6.27. The number of hydrogen-bond acceptors (Lipinski definition) is 6. The van der Waals surface area contributed by atoms with Gasteiger partial charge < -0.3 is 9.64 Å². The minimum absolute atomic E-state index is 0.0883. The highest BCUT2D eigenvalue weighted by atomic mass is 32.1. The van der Waals surface area contributed by atoms with E-state index in [1.807, 2.05) is 39.8 Å². The van der Waals surface area contributed by atoms with Gasteiger partial charge in [-0.3, -0.25) is 9.36 Å². The molecule has 1 aliphatic rings. The minimum atomic E-state index is -0.641. The molecule has 0 aromatic carbocycles. The molecule has 3 rings (SSSR count). The van der Waals surface area contributed by atoms with Crippen molar-refractivity contribution in [3.63, 3.8) is 0 Å². The second-order valence-electron chi connectivity index (χ2n) is 8.28. The van der Waals surface area contributed by atoms with Crippen LogP contribution in [0.15, 0.2) is 4.79 Å². The van der Waals surface area contributed by atoms with Crippen LogP contribution in [0, 0.1) is 5.92 Å². The maximum atomic E-state index is 13.6. The average Bonchev–Trinajstić information content (AvgIpc) is 3.00. The average molecular weight is 406 g/mol. The number of fused-ring (bicyclic) bond motifs is 3. The van der Waals surface area contributed by atoms with E-state index in [1.54, 1.807) is 15.9 Å². The molecular formula is C21H31N3O3S. The van der Waals surface area contributed by atoms with Crippen LogP contribution in [-0.2, 0) is 28.9 Å². The van der Waals surface area contributed by atoms with E-state index in [0.29, 0.717) is 25.4 Å². The number of carbonyl (C=O) groups is 1. The zero-order valence-electron chi connectivity index (χ0n) is 17.6. The summed E-state index contributed by atoms with van der Waals surface area (Å²) < 4.78 is 7.10. The van der Waals surface area contributed by atoms with Crippen LogP contribution in [0.25, 0.3) is 10.2 Å². The Balaban J connectivity index is 2.15. The Kier molecular flexibility index (Phi) is 6.55. The molecule has 2 heterocycles. The molecule has 1 unspecified atom stereocenters. The van der Waals surface area contributed by atoms with Crippen molar-refractivity contribution < 1.29 is 9.53 Å². The molecule has 0 saturated heterocycles. The number of carbonyl (C=O) groups excluding carboxylic acids is 1. The molecule has 6 nitrogen and oxygen atoms in total. The van der Waals surface area contributed by atoms with E-state index in [4.69, 9.17) is 9.72 Å². The minimum Gasteiger partial charge on any atom is -0.464 e. The van der Waals surface area contributed by atoms with E-state index < -0.39 is 6.04 Å². The van der Waals surface area contributed by atoms with E-state index >= 15 is 0 Å². The van der Waals surface area contributed by atoms with Gasteiger partial charge in [-0.1, -0.05) is 20.8 Å². The SMILES string of the molecule is CCC(C(=O)OCC(C)C)n1c(CN(C)C)nc2sc3c(c2c1=O)CCCC3. The van der Waals surface area contributed by atoms with Crippen LogP contribution in [0.5, 0.6) is 0 Å². The number of ether oxygens (including phenoxy) is 1. The van der Waals surface area contributed by atoms with Crippen LogP contribution < -0.4 is 5.56 Å². The van der Waals surface area contributed by atoms with Crippen molar-refractivity contribution in [1.82, 2.24) is 14.5 Å². The van der Waals surface area contributed by atoms with Gasteiger partial charge in [0.05, 0.1) is 18.5 Å². The third-order valence-electron chi connectivity index (χ3n) is 5.08. The lowest BCUT2D eigenvalue weighted by Crippen LogP contribution is -2.36. The lowest BCUT2D eigenvalue weighted by atomic mass is 9.97. The number of hydrogen-bond donors (Lipinski definition) is 0. The molecule has 0 bridgehead atoms. The second kappa shape index (κ2) is 8.74. The number of aromatic nitrogens is 2. The maximum Gasteiger partial charge on any atom is 0.329 e. The second-order valence-corrected chi connectivity index (χ2v) is 9.36. The summed E-state index contributed by atoms with van der Waals surface area (Å²) >= 11 is 1.65. The fraction of sp³-hybridized carbons (Fsp3) is 0.667. The van der Waals surface area contributed by atoms with Crippen molar-refractivity contribution in [3.8, 4) is 0 Å². The van der Waals surface area contributed by atoms with E-state index in [0.717, 1.165) is 41.5 Å². The Hall–Kier alpha value is -1.73. The fourth-order valence-corrected chi connectivity index (χ4v) is 5.05. The Labute approximate surface area is 170 Å². The zero-order valence-corrected chi connectivity index (χ0v) is 18.4. The molecule has 2 aromatic rings. The topological polar surface area (TPSA) is 64.4 Å². The first-order valence-corrected chi connectivity index (χ1v) is 11.0. The van der Waals surface area contributed by atoms with Gasteiger partial charge in [0.1, 0.15) is 16.7 Å². The van der Waals surface area contributed by atoms with Gasteiger partial charge >= 0.3 is 5.97 Å². The highest BCUT2D eigenvalue weighted by molar-refractivity contribution is 7.18. The quantitative estimate of drug-likeness (QED) is 0.659. The summed E-state index contributed by atoms with van der Waals surface area (Å²) in [7, 11) is 3.89. The first-order valence-electron chi connectivity index (χ1n) is 10.2. The van der Waals surface area contributed by atoms with E-state index in [1.165, 1.54) is 4.88 Å². The molecule has 0 radical (unpaired) electrons. The Bertz CT molecular complexity index is 914. The molecule has 0 fully saturated rings.